The van der Waals surface area contributed by atoms with Crippen LogP contribution in [0.4, 0.5) is 10.3 Å². The Morgan fingerprint density at radius 1 is 1.11 bits per heavy atom. The average molecular weight is 375 g/mol. The van der Waals surface area contributed by atoms with Gasteiger partial charge >= 0.3 is 0 Å². The van der Waals surface area contributed by atoms with Gasteiger partial charge in [-0.1, -0.05) is 6.07 Å². The number of benzene rings is 1. The van der Waals surface area contributed by atoms with Gasteiger partial charge in [0.2, 0.25) is 5.95 Å². The molecule has 0 radical (unpaired) electrons. The molecule has 1 unspecified atom stereocenters. The van der Waals surface area contributed by atoms with Gasteiger partial charge in [-0.2, -0.15) is 5.10 Å². The molecule has 1 aromatic carbocycles. The number of aryl methyl sites for hydroxylation is 1. The Kier molecular flexibility index (Phi) is 3.75. The predicted molar refractivity (Wildman–Crippen MR) is 104 cm³/mol. The van der Waals surface area contributed by atoms with Crippen LogP contribution in [0.15, 0.2) is 48.9 Å². The highest BCUT2D eigenvalue weighted by Crippen LogP contribution is 2.29. The van der Waals surface area contributed by atoms with Crippen LogP contribution in [-0.4, -0.2) is 30.7 Å². The minimum atomic E-state index is -0.398. The fraction of sp³-hybridized carbons (Fsp3) is 0.190. The van der Waals surface area contributed by atoms with Crippen molar-refractivity contribution in [1.29, 1.82) is 0 Å². The third-order valence-electron chi connectivity index (χ3n) is 5.16. The van der Waals surface area contributed by atoms with Crippen LogP contribution in [0.1, 0.15) is 16.7 Å². The molecule has 0 aliphatic heterocycles. The summed E-state index contributed by atoms with van der Waals surface area (Å²) in [6.45, 7) is 1.98. The molecular weight excluding hydrogens is 357 g/mol. The zero-order chi connectivity index (χ0) is 19.3. The van der Waals surface area contributed by atoms with E-state index in [-0.39, 0.29) is 11.8 Å². The number of anilines is 1. The molecule has 1 aliphatic carbocycles. The highest BCUT2D eigenvalue weighted by molar-refractivity contribution is 5.69. The summed E-state index contributed by atoms with van der Waals surface area (Å²) in [4.78, 5) is 8.64. The third kappa shape index (κ3) is 2.85. The van der Waals surface area contributed by atoms with Crippen LogP contribution in [0, 0.1) is 12.7 Å². The summed E-state index contributed by atoms with van der Waals surface area (Å²) in [5, 5.41) is 17.6. The molecule has 0 fully saturated rings. The molecule has 1 aliphatic rings. The van der Waals surface area contributed by atoms with E-state index in [0.29, 0.717) is 17.2 Å². The zero-order valence-corrected chi connectivity index (χ0v) is 15.2. The normalized spacial score (nSPS) is 15.7. The molecule has 4 aromatic rings. The number of aromatic nitrogens is 4. The molecule has 0 spiro atoms. The molecule has 5 rings (SSSR count). The second-order valence-corrected chi connectivity index (χ2v) is 7.18. The van der Waals surface area contributed by atoms with Gasteiger partial charge < -0.3 is 10.4 Å². The van der Waals surface area contributed by atoms with E-state index in [4.69, 9.17) is 4.98 Å². The number of halogens is 1. The molecule has 7 heteroatoms. The number of nitrogens with one attached hydrogen (secondary N) is 1. The summed E-state index contributed by atoms with van der Waals surface area (Å²) in [7, 11) is 0. The summed E-state index contributed by atoms with van der Waals surface area (Å²) >= 11 is 0. The topological polar surface area (TPSA) is 75.3 Å². The van der Waals surface area contributed by atoms with E-state index in [1.165, 1.54) is 17.8 Å². The maximum atomic E-state index is 13.7. The van der Waals surface area contributed by atoms with Crippen molar-refractivity contribution >= 4 is 11.5 Å². The van der Waals surface area contributed by atoms with Crippen molar-refractivity contribution in [2.24, 2.45) is 0 Å². The Morgan fingerprint density at radius 2 is 1.96 bits per heavy atom. The maximum Gasteiger partial charge on any atom is 0.225 e. The van der Waals surface area contributed by atoms with Gasteiger partial charge in [0.1, 0.15) is 11.6 Å². The molecule has 0 saturated carbocycles. The van der Waals surface area contributed by atoms with Gasteiger partial charge in [-0.15, -0.1) is 0 Å². The number of phenols is 1. The Bertz CT molecular complexity index is 1200. The predicted octanol–water partition coefficient (Wildman–Crippen LogP) is 3.52. The number of rotatable bonds is 3. The molecule has 0 saturated heterocycles. The molecule has 3 heterocycles. The summed E-state index contributed by atoms with van der Waals surface area (Å²) in [6.07, 6.45) is 6.20. The highest BCUT2D eigenvalue weighted by atomic mass is 19.1. The molecule has 0 bridgehead atoms. The van der Waals surface area contributed by atoms with Gasteiger partial charge in [0.25, 0.3) is 0 Å². The van der Waals surface area contributed by atoms with Crippen LogP contribution >= 0.6 is 0 Å². The van der Waals surface area contributed by atoms with Crippen LogP contribution in [0.2, 0.25) is 0 Å². The zero-order valence-electron chi connectivity index (χ0n) is 15.2. The van der Waals surface area contributed by atoms with Crippen molar-refractivity contribution in [3.8, 4) is 17.0 Å². The summed E-state index contributed by atoms with van der Waals surface area (Å²) < 4.78 is 15.4. The molecule has 3 aromatic heterocycles. The number of aromatic hydroxyl groups is 1. The van der Waals surface area contributed by atoms with E-state index < -0.39 is 5.82 Å². The lowest BCUT2D eigenvalue weighted by molar-refractivity contribution is 0.474. The Balaban J connectivity index is 1.54. The quantitative estimate of drug-likeness (QED) is 0.573. The van der Waals surface area contributed by atoms with Crippen molar-refractivity contribution in [3.63, 3.8) is 0 Å². The Labute approximate surface area is 160 Å². The minimum absolute atomic E-state index is 0.137. The lowest BCUT2D eigenvalue weighted by Gasteiger charge is -2.15. The molecule has 28 heavy (non-hydrogen) atoms. The van der Waals surface area contributed by atoms with E-state index in [1.807, 2.05) is 25.1 Å². The highest BCUT2D eigenvalue weighted by Gasteiger charge is 2.23. The first-order valence-corrected chi connectivity index (χ1v) is 9.10. The SMILES string of the molecule is Cc1cnn2c(NC3Cc4ccc(O)cc4C3)nc(-c3cncc(F)c3)cc12. The van der Waals surface area contributed by atoms with Crippen molar-refractivity contribution in [2.45, 2.75) is 25.8 Å². The monoisotopic (exact) mass is 375 g/mol. The van der Waals surface area contributed by atoms with Crippen molar-refractivity contribution < 1.29 is 9.50 Å². The van der Waals surface area contributed by atoms with Crippen LogP contribution in [0.5, 0.6) is 5.75 Å². The van der Waals surface area contributed by atoms with Gasteiger partial charge in [0.05, 0.1) is 23.6 Å². The van der Waals surface area contributed by atoms with Crippen LogP contribution < -0.4 is 5.32 Å². The number of pyridine rings is 1. The number of nitrogens with zero attached hydrogens (tertiary/aromatic N) is 4. The van der Waals surface area contributed by atoms with Crippen LogP contribution in [0.3, 0.4) is 0 Å². The summed E-state index contributed by atoms with van der Waals surface area (Å²) in [5.41, 5.74) is 5.52. The number of hydrogen-bond acceptors (Lipinski definition) is 5. The lowest BCUT2D eigenvalue weighted by atomic mass is 10.1. The van der Waals surface area contributed by atoms with Gasteiger partial charge in [0.15, 0.2) is 0 Å². The van der Waals surface area contributed by atoms with E-state index in [2.05, 4.69) is 15.4 Å². The molecule has 1 atom stereocenters. The number of fused-ring (bicyclic) bond motifs is 2. The van der Waals surface area contributed by atoms with Gasteiger partial charge in [0, 0.05) is 17.8 Å². The van der Waals surface area contributed by atoms with Gasteiger partial charge in [-0.3, -0.25) is 4.98 Å². The first-order chi connectivity index (χ1) is 13.6. The summed E-state index contributed by atoms with van der Waals surface area (Å²) in [6, 6.07) is 8.94. The number of phenolic OH excluding ortho intramolecular Hbond substituents is 1. The average Bonchev–Trinajstić information content (AvgIpc) is 3.24. The number of hydrogen-bond donors (Lipinski definition) is 2. The molecular formula is C21H18FN5O. The van der Waals surface area contributed by atoms with Crippen LogP contribution in [-0.2, 0) is 12.8 Å². The largest absolute Gasteiger partial charge is 0.508 e. The second-order valence-electron chi connectivity index (χ2n) is 7.18. The molecule has 140 valence electrons. The minimum Gasteiger partial charge on any atom is -0.508 e. The van der Waals surface area contributed by atoms with Crippen molar-refractivity contribution in [1.82, 2.24) is 19.6 Å². The van der Waals surface area contributed by atoms with Crippen molar-refractivity contribution in [2.75, 3.05) is 5.32 Å². The fourth-order valence-corrected chi connectivity index (χ4v) is 3.79. The smallest absolute Gasteiger partial charge is 0.225 e. The second kappa shape index (κ2) is 6.30. The fourth-order valence-electron chi connectivity index (χ4n) is 3.79. The van der Waals surface area contributed by atoms with Crippen molar-refractivity contribution in [3.05, 3.63) is 71.4 Å². The summed E-state index contributed by atoms with van der Waals surface area (Å²) in [5.74, 6) is 0.486. The van der Waals surface area contributed by atoms with E-state index in [0.717, 1.165) is 29.5 Å². The first kappa shape index (κ1) is 16.7. The molecule has 2 N–H and O–H groups in total. The molecule has 0 amide bonds. The maximum absolute atomic E-state index is 13.7. The first-order valence-electron chi connectivity index (χ1n) is 9.10. The van der Waals surface area contributed by atoms with E-state index in [9.17, 15) is 9.50 Å². The van der Waals surface area contributed by atoms with E-state index >= 15 is 0 Å². The Morgan fingerprint density at radius 3 is 2.82 bits per heavy atom. The third-order valence-corrected chi connectivity index (χ3v) is 5.16. The van der Waals surface area contributed by atoms with Gasteiger partial charge in [-0.05, 0) is 60.7 Å². The standard InChI is InChI=1S/C21H18FN5O/c1-12-9-24-27-20(12)8-19(15-4-16(22)11-23-10-15)26-21(27)25-17-5-13-2-3-18(28)7-14(13)6-17/h2-4,7-11,17,28H,5-6H2,1H3,(H,25,26). The van der Waals surface area contributed by atoms with Crippen LogP contribution in [0.25, 0.3) is 16.8 Å². The lowest BCUT2D eigenvalue weighted by Crippen LogP contribution is -2.22. The molecule has 6 nitrogen and oxygen atoms in total. The Hall–Kier alpha value is -3.48. The van der Waals surface area contributed by atoms with Gasteiger partial charge in [-0.25, -0.2) is 13.9 Å². The van der Waals surface area contributed by atoms with E-state index in [1.54, 1.807) is 23.0 Å².